The van der Waals surface area contributed by atoms with Crippen LogP contribution in [0.3, 0.4) is 0 Å². The Bertz CT molecular complexity index is 836. The summed E-state index contributed by atoms with van der Waals surface area (Å²) >= 11 is 0. The minimum Gasteiger partial charge on any atom is -0.478 e. The van der Waals surface area contributed by atoms with Crippen LogP contribution in [0, 0.1) is 0 Å². The van der Waals surface area contributed by atoms with Crippen LogP contribution in [0.4, 0.5) is 5.69 Å². The minimum absolute atomic E-state index is 0.00766. The number of benzene rings is 1. The lowest BCUT2D eigenvalue weighted by atomic mass is 9.83. The first-order valence-corrected chi connectivity index (χ1v) is 7.75. The molecule has 0 radical (unpaired) electrons. The van der Waals surface area contributed by atoms with Crippen LogP contribution in [0.1, 0.15) is 29.8 Å². The van der Waals surface area contributed by atoms with Crippen LogP contribution in [0.15, 0.2) is 65.9 Å². The molecule has 0 atom stereocenters. The number of nitrogens with zero attached hydrogens (tertiary/aromatic N) is 1. The number of rotatable bonds is 2. The highest BCUT2D eigenvalue weighted by atomic mass is 16.4. The molecule has 3 rings (SSSR count). The predicted molar refractivity (Wildman–Crippen MR) is 94.3 cm³/mol. The summed E-state index contributed by atoms with van der Waals surface area (Å²) in [7, 11) is 1.98. The fraction of sp³-hybridized carbons (Fsp3) is 0.200. The summed E-state index contributed by atoms with van der Waals surface area (Å²) in [6.07, 6.45) is 10.7. The number of likely N-dealkylation sites (N-methyl/N-ethyl adjacent to an activating group) is 1. The Morgan fingerprint density at radius 1 is 1.12 bits per heavy atom. The van der Waals surface area contributed by atoms with Crippen molar-refractivity contribution in [1.29, 1.82) is 0 Å². The lowest BCUT2D eigenvalue weighted by Gasteiger charge is -2.23. The number of hydrogen-bond acceptors (Lipinski definition) is 3. The van der Waals surface area contributed by atoms with Crippen LogP contribution >= 0.6 is 0 Å². The number of aromatic carboxylic acids is 1. The normalized spacial score (nSPS) is 19.8. The van der Waals surface area contributed by atoms with Crippen molar-refractivity contribution in [3.05, 3.63) is 77.1 Å². The molecule has 0 saturated carbocycles. The van der Waals surface area contributed by atoms with E-state index in [1.54, 1.807) is 36.4 Å². The molecule has 0 saturated heterocycles. The standard InChI is InChI=1S/C20H19NO3/c1-20(2)16-12-14(19(23)24)7-10-17(16)21(3)18(20)11-6-13-4-8-15(22)9-5-13/h4-12H,1-3H3,(H,23,24). The fourth-order valence-corrected chi connectivity index (χ4v) is 3.22. The van der Waals surface area contributed by atoms with E-state index < -0.39 is 5.97 Å². The van der Waals surface area contributed by atoms with Crippen molar-refractivity contribution in [1.82, 2.24) is 0 Å². The number of hydrogen-bond donors (Lipinski definition) is 1. The molecule has 0 aromatic heterocycles. The van der Waals surface area contributed by atoms with Crippen molar-refractivity contribution in [2.75, 3.05) is 11.9 Å². The van der Waals surface area contributed by atoms with Gasteiger partial charge in [0, 0.05) is 23.8 Å². The molecular weight excluding hydrogens is 302 g/mol. The zero-order valence-electron chi connectivity index (χ0n) is 13.9. The van der Waals surface area contributed by atoms with Crippen LogP contribution in [-0.4, -0.2) is 23.9 Å². The lowest BCUT2D eigenvalue weighted by Crippen LogP contribution is -2.22. The number of allylic oxidation sites excluding steroid dienone is 8. The third-order valence-electron chi connectivity index (χ3n) is 4.59. The van der Waals surface area contributed by atoms with Gasteiger partial charge in [0.05, 0.1) is 5.56 Å². The largest absolute Gasteiger partial charge is 0.478 e. The molecular formula is C20H19NO3. The Balaban J connectivity index is 2.02. The van der Waals surface area contributed by atoms with Gasteiger partial charge in [-0.05, 0) is 47.6 Å². The molecule has 2 aliphatic rings. The van der Waals surface area contributed by atoms with Gasteiger partial charge in [-0.1, -0.05) is 32.1 Å². The van der Waals surface area contributed by atoms with Gasteiger partial charge in [-0.25, -0.2) is 4.79 Å². The van der Waals surface area contributed by atoms with Gasteiger partial charge in [-0.2, -0.15) is 0 Å². The minimum atomic E-state index is -0.919. The molecule has 1 heterocycles. The molecule has 0 fully saturated rings. The molecule has 4 nitrogen and oxygen atoms in total. The van der Waals surface area contributed by atoms with Gasteiger partial charge in [0.2, 0.25) is 0 Å². The molecule has 122 valence electrons. The Kier molecular flexibility index (Phi) is 3.76. The van der Waals surface area contributed by atoms with E-state index in [1.165, 1.54) is 0 Å². The summed E-state index contributed by atoms with van der Waals surface area (Å²) in [5.74, 6) is -0.926. The molecule has 0 unspecified atom stereocenters. The number of carboxylic acids is 1. The van der Waals surface area contributed by atoms with E-state index in [9.17, 15) is 14.7 Å². The monoisotopic (exact) mass is 321 g/mol. The van der Waals surface area contributed by atoms with Gasteiger partial charge in [0.15, 0.2) is 5.78 Å². The van der Waals surface area contributed by atoms with Gasteiger partial charge in [0.1, 0.15) is 0 Å². The Morgan fingerprint density at radius 3 is 2.42 bits per heavy atom. The summed E-state index contributed by atoms with van der Waals surface area (Å²) in [5.41, 5.74) is 4.04. The summed E-state index contributed by atoms with van der Waals surface area (Å²) in [6, 6.07) is 5.24. The third kappa shape index (κ3) is 2.60. The quantitative estimate of drug-likeness (QED) is 0.904. The van der Waals surface area contributed by atoms with E-state index >= 15 is 0 Å². The zero-order valence-corrected chi connectivity index (χ0v) is 13.9. The molecule has 1 aromatic carbocycles. The van der Waals surface area contributed by atoms with Crippen LogP contribution in [0.2, 0.25) is 0 Å². The summed E-state index contributed by atoms with van der Waals surface area (Å²) < 4.78 is 0. The van der Waals surface area contributed by atoms with Crippen LogP contribution < -0.4 is 4.90 Å². The SMILES string of the molecule is CN1C(=CC=C2C=CC(=O)C=C2)C(C)(C)c2cc(C(=O)O)ccc21. The highest BCUT2D eigenvalue weighted by Gasteiger charge is 2.38. The smallest absolute Gasteiger partial charge is 0.335 e. The second-order valence-corrected chi connectivity index (χ2v) is 6.51. The van der Waals surface area contributed by atoms with Crippen molar-refractivity contribution >= 4 is 17.4 Å². The van der Waals surface area contributed by atoms with E-state index in [0.29, 0.717) is 5.56 Å². The van der Waals surface area contributed by atoms with Crippen LogP contribution in [-0.2, 0) is 10.2 Å². The second-order valence-electron chi connectivity index (χ2n) is 6.51. The maximum atomic E-state index is 11.3. The number of carbonyl (C=O) groups excluding carboxylic acids is 1. The van der Waals surface area contributed by atoms with Crippen molar-refractivity contribution in [3.63, 3.8) is 0 Å². The molecule has 4 heteroatoms. The van der Waals surface area contributed by atoms with Crippen molar-refractivity contribution in [2.45, 2.75) is 19.3 Å². The van der Waals surface area contributed by atoms with Crippen molar-refractivity contribution in [3.8, 4) is 0 Å². The van der Waals surface area contributed by atoms with Gasteiger partial charge >= 0.3 is 5.97 Å². The van der Waals surface area contributed by atoms with E-state index in [0.717, 1.165) is 22.5 Å². The van der Waals surface area contributed by atoms with Gasteiger partial charge in [-0.15, -0.1) is 0 Å². The molecule has 1 aliphatic carbocycles. The van der Waals surface area contributed by atoms with Gasteiger partial charge in [0.25, 0.3) is 0 Å². The topological polar surface area (TPSA) is 57.6 Å². The molecule has 24 heavy (non-hydrogen) atoms. The molecule has 0 amide bonds. The number of carboxylic acid groups (broad SMARTS) is 1. The van der Waals surface area contributed by atoms with E-state index in [4.69, 9.17) is 0 Å². The van der Waals surface area contributed by atoms with E-state index in [2.05, 4.69) is 18.7 Å². The van der Waals surface area contributed by atoms with Crippen molar-refractivity contribution < 1.29 is 14.7 Å². The van der Waals surface area contributed by atoms with Gasteiger partial charge in [-0.3, -0.25) is 4.79 Å². The Morgan fingerprint density at radius 2 is 1.79 bits per heavy atom. The first kappa shape index (κ1) is 16.0. The molecule has 1 aliphatic heterocycles. The Labute approximate surface area is 141 Å². The van der Waals surface area contributed by atoms with Crippen molar-refractivity contribution in [2.24, 2.45) is 0 Å². The molecule has 0 spiro atoms. The van der Waals surface area contributed by atoms with Crippen LogP contribution in [0.25, 0.3) is 0 Å². The van der Waals surface area contributed by atoms with Crippen LogP contribution in [0.5, 0.6) is 0 Å². The Hall–Kier alpha value is -2.88. The number of fused-ring (bicyclic) bond motifs is 1. The second kappa shape index (κ2) is 5.64. The zero-order chi connectivity index (χ0) is 17.5. The summed E-state index contributed by atoms with van der Waals surface area (Å²) in [4.78, 5) is 24.5. The average molecular weight is 321 g/mol. The number of anilines is 1. The summed E-state index contributed by atoms with van der Waals surface area (Å²) in [6.45, 7) is 4.17. The highest BCUT2D eigenvalue weighted by molar-refractivity contribution is 6.01. The maximum Gasteiger partial charge on any atom is 0.335 e. The highest BCUT2D eigenvalue weighted by Crippen LogP contribution is 2.47. The first-order valence-electron chi connectivity index (χ1n) is 7.75. The average Bonchev–Trinajstić information content (AvgIpc) is 2.73. The third-order valence-corrected chi connectivity index (χ3v) is 4.59. The molecule has 0 bridgehead atoms. The molecule has 1 N–H and O–H groups in total. The maximum absolute atomic E-state index is 11.3. The lowest BCUT2D eigenvalue weighted by molar-refractivity contribution is -0.110. The number of ketones is 1. The van der Waals surface area contributed by atoms with E-state index in [-0.39, 0.29) is 11.2 Å². The van der Waals surface area contributed by atoms with Gasteiger partial charge < -0.3 is 10.0 Å². The molecule has 1 aromatic rings. The first-order chi connectivity index (χ1) is 11.3. The summed E-state index contributed by atoms with van der Waals surface area (Å²) in [5, 5.41) is 9.23. The van der Waals surface area contributed by atoms with E-state index in [1.807, 2.05) is 25.3 Å². The predicted octanol–water partition coefficient (Wildman–Crippen LogP) is 3.62. The number of carbonyl (C=O) groups is 2. The fourth-order valence-electron chi connectivity index (χ4n) is 3.22.